The largest absolute Gasteiger partial charge is 0.493 e. The molecule has 1 aromatic carbocycles. The summed E-state index contributed by atoms with van der Waals surface area (Å²) in [4.78, 5) is 26.0. The van der Waals surface area contributed by atoms with Crippen LogP contribution in [0.25, 0.3) is 0 Å². The molecule has 0 aliphatic rings. The van der Waals surface area contributed by atoms with Gasteiger partial charge in [-0.2, -0.15) is 0 Å². The summed E-state index contributed by atoms with van der Waals surface area (Å²) in [6.45, 7) is 10.4. The molecule has 0 spiro atoms. The second-order valence-electron chi connectivity index (χ2n) is 7.74. The number of hydrogen-bond acceptors (Lipinski definition) is 6. The lowest BCUT2D eigenvalue weighted by Gasteiger charge is -2.28. The SMILES string of the molecule is COc1ccc(CN(C(=O)OC(C)(C)C)C(=O)OC(C)(C)C)cc1OC. The molecule has 0 saturated heterocycles. The Morgan fingerprint density at radius 3 is 1.69 bits per heavy atom. The van der Waals surface area contributed by atoms with E-state index in [4.69, 9.17) is 18.9 Å². The van der Waals surface area contributed by atoms with Crippen molar-refractivity contribution in [2.75, 3.05) is 14.2 Å². The van der Waals surface area contributed by atoms with Crippen LogP contribution in [-0.4, -0.2) is 42.5 Å². The Bertz CT molecular complexity index is 614. The number of hydrogen-bond donors (Lipinski definition) is 0. The van der Waals surface area contributed by atoms with Gasteiger partial charge in [-0.3, -0.25) is 0 Å². The molecule has 7 nitrogen and oxygen atoms in total. The van der Waals surface area contributed by atoms with E-state index in [1.165, 1.54) is 14.2 Å². The van der Waals surface area contributed by atoms with Crippen LogP contribution in [0.2, 0.25) is 0 Å². The van der Waals surface area contributed by atoms with Crippen LogP contribution in [0, 0.1) is 0 Å². The Morgan fingerprint density at radius 2 is 1.31 bits per heavy atom. The summed E-state index contributed by atoms with van der Waals surface area (Å²) in [7, 11) is 3.05. The first-order chi connectivity index (χ1) is 11.9. The van der Waals surface area contributed by atoms with Gasteiger partial charge in [0.2, 0.25) is 0 Å². The zero-order valence-electron chi connectivity index (χ0n) is 16.8. The molecular formula is C19H29NO6. The summed E-state index contributed by atoms with van der Waals surface area (Å²) in [5.41, 5.74) is -0.816. The standard InChI is InChI=1S/C19H29NO6/c1-18(2,3)25-16(21)20(17(22)26-19(4,5)6)12-13-9-10-14(23-7)15(11-13)24-8/h9-11H,12H2,1-8H3. The summed E-state index contributed by atoms with van der Waals surface area (Å²) in [5, 5.41) is 0. The number of carbonyl (C=O) groups is 2. The van der Waals surface area contributed by atoms with Crippen molar-refractivity contribution >= 4 is 12.2 Å². The fraction of sp³-hybridized carbons (Fsp3) is 0.579. The van der Waals surface area contributed by atoms with Gasteiger partial charge in [-0.05, 0) is 59.2 Å². The van der Waals surface area contributed by atoms with E-state index in [1.807, 2.05) is 0 Å². The van der Waals surface area contributed by atoms with E-state index >= 15 is 0 Å². The fourth-order valence-electron chi connectivity index (χ4n) is 2.00. The van der Waals surface area contributed by atoms with Gasteiger partial charge in [-0.15, -0.1) is 0 Å². The highest BCUT2D eigenvalue weighted by Crippen LogP contribution is 2.28. The van der Waals surface area contributed by atoms with Crippen LogP contribution < -0.4 is 9.47 Å². The first kappa shape index (κ1) is 21.6. The topological polar surface area (TPSA) is 74.3 Å². The third-order valence-corrected chi connectivity index (χ3v) is 3.02. The maximum Gasteiger partial charge on any atom is 0.420 e. The van der Waals surface area contributed by atoms with E-state index in [-0.39, 0.29) is 6.54 Å². The molecule has 0 aliphatic heterocycles. The first-order valence-corrected chi connectivity index (χ1v) is 8.30. The van der Waals surface area contributed by atoms with Crippen LogP contribution in [0.3, 0.4) is 0 Å². The van der Waals surface area contributed by atoms with Crippen molar-refractivity contribution in [3.63, 3.8) is 0 Å². The van der Waals surface area contributed by atoms with E-state index in [0.29, 0.717) is 17.1 Å². The third-order valence-electron chi connectivity index (χ3n) is 3.02. The van der Waals surface area contributed by atoms with E-state index < -0.39 is 23.4 Å². The fourth-order valence-corrected chi connectivity index (χ4v) is 2.00. The second kappa shape index (κ2) is 8.29. The molecule has 2 amide bonds. The van der Waals surface area contributed by atoms with Gasteiger partial charge in [0.05, 0.1) is 20.8 Å². The summed E-state index contributed by atoms with van der Waals surface area (Å²) in [6, 6.07) is 5.14. The molecule has 1 aromatic rings. The normalized spacial score (nSPS) is 11.5. The number of benzene rings is 1. The molecular weight excluding hydrogens is 338 g/mol. The molecule has 26 heavy (non-hydrogen) atoms. The summed E-state index contributed by atoms with van der Waals surface area (Å²) < 4.78 is 21.1. The predicted molar refractivity (Wildman–Crippen MR) is 97.6 cm³/mol. The minimum absolute atomic E-state index is 0.0236. The van der Waals surface area contributed by atoms with E-state index in [1.54, 1.807) is 59.7 Å². The van der Waals surface area contributed by atoms with Gasteiger partial charge < -0.3 is 18.9 Å². The van der Waals surface area contributed by atoms with Crippen molar-refractivity contribution in [3.05, 3.63) is 23.8 Å². The highest BCUT2D eigenvalue weighted by Gasteiger charge is 2.31. The zero-order valence-corrected chi connectivity index (χ0v) is 16.8. The number of nitrogens with zero attached hydrogens (tertiary/aromatic N) is 1. The molecule has 146 valence electrons. The van der Waals surface area contributed by atoms with Crippen LogP contribution in [-0.2, 0) is 16.0 Å². The molecule has 0 fully saturated rings. The van der Waals surface area contributed by atoms with Crippen molar-refractivity contribution in [1.29, 1.82) is 0 Å². The highest BCUT2D eigenvalue weighted by atomic mass is 16.6. The van der Waals surface area contributed by atoms with Gasteiger partial charge in [0.15, 0.2) is 11.5 Å². The Morgan fingerprint density at radius 1 is 0.846 bits per heavy atom. The van der Waals surface area contributed by atoms with Crippen molar-refractivity contribution in [2.45, 2.75) is 59.3 Å². The number of ether oxygens (including phenoxy) is 4. The number of rotatable bonds is 4. The summed E-state index contributed by atoms with van der Waals surface area (Å²) in [5.74, 6) is 1.05. The second-order valence-corrected chi connectivity index (χ2v) is 7.74. The monoisotopic (exact) mass is 367 g/mol. The van der Waals surface area contributed by atoms with Crippen LogP contribution >= 0.6 is 0 Å². The lowest BCUT2D eigenvalue weighted by Crippen LogP contribution is -2.43. The average molecular weight is 367 g/mol. The minimum atomic E-state index is -0.776. The van der Waals surface area contributed by atoms with Crippen molar-refractivity contribution in [1.82, 2.24) is 4.90 Å². The molecule has 0 N–H and O–H groups in total. The molecule has 0 atom stereocenters. The van der Waals surface area contributed by atoms with Gasteiger partial charge in [-0.25, -0.2) is 14.5 Å². The Hall–Kier alpha value is -2.44. The predicted octanol–water partition coefficient (Wildman–Crippen LogP) is 4.38. The molecule has 0 aromatic heterocycles. The molecule has 0 heterocycles. The number of imide groups is 1. The smallest absolute Gasteiger partial charge is 0.420 e. The van der Waals surface area contributed by atoms with Gasteiger partial charge in [0.1, 0.15) is 11.2 Å². The Balaban J connectivity index is 3.12. The molecule has 0 radical (unpaired) electrons. The molecule has 0 aliphatic carbocycles. The third kappa shape index (κ3) is 6.82. The van der Waals surface area contributed by atoms with Crippen LogP contribution in [0.5, 0.6) is 11.5 Å². The van der Waals surface area contributed by atoms with E-state index in [0.717, 1.165) is 4.90 Å². The Labute approximate surface area is 155 Å². The van der Waals surface area contributed by atoms with Gasteiger partial charge in [-0.1, -0.05) is 6.07 Å². The van der Waals surface area contributed by atoms with Crippen LogP contribution in [0.4, 0.5) is 9.59 Å². The molecule has 0 saturated carbocycles. The molecule has 0 unspecified atom stereocenters. The highest BCUT2D eigenvalue weighted by molar-refractivity contribution is 5.88. The number of methoxy groups -OCH3 is 2. The first-order valence-electron chi connectivity index (χ1n) is 8.30. The van der Waals surface area contributed by atoms with Crippen LogP contribution in [0.1, 0.15) is 47.1 Å². The van der Waals surface area contributed by atoms with Crippen molar-refractivity contribution < 1.29 is 28.5 Å². The molecule has 0 bridgehead atoms. The number of carbonyl (C=O) groups excluding carboxylic acids is 2. The molecule has 1 rings (SSSR count). The van der Waals surface area contributed by atoms with Crippen molar-refractivity contribution in [2.24, 2.45) is 0 Å². The maximum atomic E-state index is 12.5. The summed E-state index contributed by atoms with van der Waals surface area (Å²) >= 11 is 0. The van der Waals surface area contributed by atoms with Gasteiger partial charge >= 0.3 is 12.2 Å². The lowest BCUT2D eigenvalue weighted by atomic mass is 10.2. The number of amides is 2. The van der Waals surface area contributed by atoms with Gasteiger partial charge in [0, 0.05) is 0 Å². The zero-order chi connectivity index (χ0) is 20.1. The Kier molecular flexibility index (Phi) is 6.89. The van der Waals surface area contributed by atoms with Crippen molar-refractivity contribution in [3.8, 4) is 11.5 Å². The summed E-state index contributed by atoms with van der Waals surface area (Å²) in [6.07, 6.45) is -1.55. The average Bonchev–Trinajstić information content (AvgIpc) is 2.48. The quantitative estimate of drug-likeness (QED) is 0.786. The minimum Gasteiger partial charge on any atom is -0.493 e. The van der Waals surface area contributed by atoms with E-state index in [9.17, 15) is 9.59 Å². The maximum absolute atomic E-state index is 12.5. The van der Waals surface area contributed by atoms with Crippen LogP contribution in [0.15, 0.2) is 18.2 Å². The lowest BCUT2D eigenvalue weighted by molar-refractivity contribution is -0.000260. The van der Waals surface area contributed by atoms with E-state index in [2.05, 4.69) is 0 Å². The van der Waals surface area contributed by atoms with Gasteiger partial charge in [0.25, 0.3) is 0 Å². The molecule has 7 heteroatoms.